The lowest BCUT2D eigenvalue weighted by Gasteiger charge is -2.44. The van der Waals surface area contributed by atoms with Crippen LogP contribution in [0, 0.1) is 0 Å². The van der Waals surface area contributed by atoms with Gasteiger partial charge in [-0.3, -0.25) is 0 Å². The highest BCUT2D eigenvalue weighted by atomic mass is 32.1. The molecule has 6 heterocycles. The maximum atomic E-state index is 6.32. The van der Waals surface area contributed by atoms with Crippen molar-refractivity contribution in [2.45, 2.75) is 0 Å². The standard InChI is InChI=1S/C72H40BNO3S/c1-5-13-65-49(9-1)57-37-45(21-29-68(57)75-65)41-17-25-61-53(33-41)55-35-43(46-22-30-69-58(38-46)50-10-2-6-14-66(50)76-69)19-27-63(55)74-64-28-20-44(47-23-31-70-59(39-47)51-11-3-7-15-67(51)77-70)36-56(64)54-34-42(18-26-62(54)73(61)74)48-24-32-72-60(40-48)52-12-4-8-16-71(52)78-72/h1-40H. The van der Waals surface area contributed by atoms with Crippen molar-refractivity contribution in [2.24, 2.45) is 0 Å². The first-order chi connectivity index (χ1) is 38.6. The van der Waals surface area contributed by atoms with Crippen LogP contribution in [0.25, 0.3) is 153 Å². The Morgan fingerprint density at radius 1 is 0.256 bits per heavy atom. The van der Waals surface area contributed by atoms with Crippen LogP contribution in [0.4, 0.5) is 11.4 Å². The normalized spacial score (nSPS) is 12.8. The van der Waals surface area contributed by atoms with E-state index in [0.717, 1.165) is 99.2 Å². The summed E-state index contributed by atoms with van der Waals surface area (Å²) in [4.78, 5) is 2.62. The molecule has 18 rings (SSSR count). The Labute approximate surface area is 451 Å². The van der Waals surface area contributed by atoms with Gasteiger partial charge in [0.25, 0.3) is 0 Å². The van der Waals surface area contributed by atoms with Gasteiger partial charge in [-0.25, -0.2) is 0 Å². The van der Waals surface area contributed by atoms with Crippen molar-refractivity contribution < 1.29 is 13.3 Å². The number of benzene rings is 12. The third kappa shape index (κ3) is 6.12. The lowest BCUT2D eigenvalue weighted by molar-refractivity contribution is 0.668. The van der Waals surface area contributed by atoms with Crippen LogP contribution in [0.5, 0.6) is 0 Å². The van der Waals surface area contributed by atoms with Crippen LogP contribution >= 0.6 is 11.3 Å². The van der Waals surface area contributed by atoms with Gasteiger partial charge in [-0.15, -0.1) is 11.3 Å². The van der Waals surface area contributed by atoms with Gasteiger partial charge in [0.1, 0.15) is 33.5 Å². The fourth-order valence-electron chi connectivity index (χ4n) is 13.2. The van der Waals surface area contributed by atoms with Crippen LogP contribution in [0.15, 0.2) is 256 Å². The predicted molar refractivity (Wildman–Crippen MR) is 327 cm³/mol. The van der Waals surface area contributed by atoms with E-state index in [4.69, 9.17) is 13.3 Å². The minimum atomic E-state index is -0.110. The average molecular weight is 1010 g/mol. The van der Waals surface area contributed by atoms with Crippen molar-refractivity contribution in [1.82, 2.24) is 0 Å². The Hall–Kier alpha value is -9.88. The van der Waals surface area contributed by atoms with Crippen LogP contribution in [-0.2, 0) is 0 Å². The van der Waals surface area contributed by atoms with E-state index in [1.165, 1.54) is 75.9 Å². The van der Waals surface area contributed by atoms with E-state index < -0.39 is 0 Å². The molecule has 2 aliphatic rings. The van der Waals surface area contributed by atoms with Gasteiger partial charge in [0, 0.05) is 75.0 Å². The van der Waals surface area contributed by atoms with Gasteiger partial charge >= 0.3 is 6.85 Å². The summed E-state index contributed by atoms with van der Waals surface area (Å²) in [6.45, 7) is -0.110. The van der Waals surface area contributed by atoms with Crippen LogP contribution in [0.2, 0.25) is 0 Å². The molecule has 6 heteroatoms. The molecule has 2 aliphatic heterocycles. The largest absolute Gasteiger partial charge is 0.456 e. The molecule has 0 saturated heterocycles. The van der Waals surface area contributed by atoms with E-state index in [9.17, 15) is 0 Å². The monoisotopic (exact) mass is 1010 g/mol. The highest BCUT2D eigenvalue weighted by molar-refractivity contribution is 7.25. The molecule has 0 aliphatic carbocycles. The predicted octanol–water partition coefficient (Wildman–Crippen LogP) is 19.3. The quantitative estimate of drug-likeness (QED) is 0.165. The molecular formula is C72H40BNO3S. The van der Waals surface area contributed by atoms with Gasteiger partial charge in [0.15, 0.2) is 0 Å². The zero-order valence-electron chi connectivity index (χ0n) is 41.8. The molecule has 0 fully saturated rings. The van der Waals surface area contributed by atoms with E-state index in [1.807, 2.05) is 29.5 Å². The molecule has 0 N–H and O–H groups in total. The summed E-state index contributed by atoms with van der Waals surface area (Å²) in [6, 6.07) is 89.3. The maximum Gasteiger partial charge on any atom is 0.329 e. The second-order valence-corrected chi connectivity index (χ2v) is 22.2. The van der Waals surface area contributed by atoms with Gasteiger partial charge < -0.3 is 18.1 Å². The Balaban J connectivity index is 0.863. The van der Waals surface area contributed by atoms with Crippen molar-refractivity contribution in [3.63, 3.8) is 0 Å². The number of furan rings is 3. The number of para-hydroxylation sites is 3. The summed E-state index contributed by atoms with van der Waals surface area (Å²) < 4.78 is 21.6. The number of fused-ring (bicyclic) bond motifs is 23. The second-order valence-electron chi connectivity index (χ2n) is 21.1. The summed E-state index contributed by atoms with van der Waals surface area (Å²) in [5.74, 6) is 0. The molecule has 0 atom stereocenters. The molecule has 0 unspecified atom stereocenters. The van der Waals surface area contributed by atoms with E-state index in [-0.39, 0.29) is 6.85 Å². The average Bonchev–Trinajstić information content (AvgIpc) is 4.37. The van der Waals surface area contributed by atoms with Crippen molar-refractivity contribution in [2.75, 3.05) is 4.81 Å². The van der Waals surface area contributed by atoms with E-state index in [0.29, 0.717) is 0 Å². The Morgan fingerprint density at radius 3 is 1.06 bits per heavy atom. The fraction of sp³-hybridized carbons (Fsp3) is 0. The number of anilines is 2. The van der Waals surface area contributed by atoms with Crippen molar-refractivity contribution in [3.8, 4) is 66.8 Å². The first-order valence-electron chi connectivity index (χ1n) is 26.6. The molecule has 78 heavy (non-hydrogen) atoms. The fourth-order valence-corrected chi connectivity index (χ4v) is 14.3. The minimum Gasteiger partial charge on any atom is -0.456 e. The number of nitrogens with zero attached hydrogens (tertiary/aromatic N) is 1. The number of hydrogen-bond donors (Lipinski definition) is 0. The highest BCUT2D eigenvalue weighted by Crippen LogP contribution is 2.50. The first-order valence-corrected chi connectivity index (χ1v) is 27.4. The summed E-state index contributed by atoms with van der Waals surface area (Å²) in [5, 5.41) is 9.33. The second kappa shape index (κ2) is 15.8. The maximum absolute atomic E-state index is 6.32. The molecule has 4 nitrogen and oxygen atoms in total. The van der Waals surface area contributed by atoms with E-state index in [1.54, 1.807) is 0 Å². The summed E-state index contributed by atoms with van der Waals surface area (Å²) in [6.07, 6.45) is 0. The molecule has 0 spiro atoms. The third-order valence-corrected chi connectivity index (χ3v) is 18.0. The van der Waals surface area contributed by atoms with Crippen molar-refractivity contribution in [1.29, 1.82) is 0 Å². The Bertz CT molecular complexity index is 4610. The highest BCUT2D eigenvalue weighted by Gasteiger charge is 2.43. The Kier molecular flexibility index (Phi) is 8.60. The molecule has 360 valence electrons. The molecule has 0 radical (unpaired) electrons. The molecule has 0 bridgehead atoms. The number of hydrogen-bond acceptors (Lipinski definition) is 5. The van der Waals surface area contributed by atoms with Crippen LogP contribution < -0.4 is 15.7 Å². The SMILES string of the molecule is c1ccc2c(c1)oc1ccc(-c3ccc4c(c3)-c3cc(-c5ccc6oc7ccccc7c6c5)ccc3N3B4c4ccc(-c5ccc6sc7ccccc7c6c5)cc4-c4cc(-c5ccc6oc7ccccc7c6c5)ccc43)cc12. The number of thiophene rings is 1. The lowest BCUT2D eigenvalue weighted by Crippen LogP contribution is -2.59. The van der Waals surface area contributed by atoms with Gasteiger partial charge in [0.2, 0.25) is 0 Å². The van der Waals surface area contributed by atoms with Crippen molar-refractivity contribution >= 4 is 126 Å². The van der Waals surface area contributed by atoms with Gasteiger partial charge in [-0.05, 0) is 176 Å². The lowest BCUT2D eigenvalue weighted by atomic mass is 9.43. The number of rotatable bonds is 4. The minimum absolute atomic E-state index is 0.110. The van der Waals surface area contributed by atoms with Crippen LogP contribution in [-0.4, -0.2) is 6.85 Å². The smallest absolute Gasteiger partial charge is 0.329 e. The zero-order chi connectivity index (χ0) is 50.7. The summed E-state index contributed by atoms with van der Waals surface area (Å²) in [5.41, 5.74) is 24.4. The molecule has 4 aromatic heterocycles. The van der Waals surface area contributed by atoms with Crippen molar-refractivity contribution in [3.05, 3.63) is 243 Å². The van der Waals surface area contributed by atoms with Gasteiger partial charge in [-0.1, -0.05) is 133 Å². The van der Waals surface area contributed by atoms with Gasteiger partial charge in [-0.2, -0.15) is 0 Å². The Morgan fingerprint density at radius 2 is 0.590 bits per heavy atom. The van der Waals surface area contributed by atoms with Gasteiger partial charge in [0.05, 0.1) is 0 Å². The molecule has 0 saturated carbocycles. The third-order valence-electron chi connectivity index (χ3n) is 16.9. The van der Waals surface area contributed by atoms with Crippen LogP contribution in [0.3, 0.4) is 0 Å². The zero-order valence-corrected chi connectivity index (χ0v) is 42.6. The van der Waals surface area contributed by atoms with Crippen LogP contribution in [0.1, 0.15) is 0 Å². The first kappa shape index (κ1) is 42.4. The molecule has 0 amide bonds. The molecule has 12 aromatic carbocycles. The summed E-state index contributed by atoms with van der Waals surface area (Å²) in [7, 11) is 0. The topological polar surface area (TPSA) is 42.7 Å². The molecular weight excluding hydrogens is 970 g/mol. The summed E-state index contributed by atoms with van der Waals surface area (Å²) >= 11 is 1.86. The van der Waals surface area contributed by atoms with E-state index >= 15 is 0 Å². The van der Waals surface area contributed by atoms with E-state index in [2.05, 4.69) is 229 Å². The molecule has 16 aromatic rings.